The highest BCUT2D eigenvalue weighted by atomic mass is 19.3. The van der Waals surface area contributed by atoms with Crippen LogP contribution in [0.15, 0.2) is 84.9 Å². The Morgan fingerprint density at radius 2 is 1.36 bits per heavy atom. The van der Waals surface area contributed by atoms with Gasteiger partial charge in [0.15, 0.2) is 0 Å². The molecule has 0 heterocycles. The van der Waals surface area contributed by atoms with Crippen molar-refractivity contribution in [2.75, 3.05) is 0 Å². The number of para-hydroxylation sites is 1. The smallest absolute Gasteiger partial charge is 0.387 e. The zero-order valence-electron chi connectivity index (χ0n) is 15.0. The van der Waals surface area contributed by atoms with Crippen LogP contribution in [-0.2, 0) is 6.54 Å². The van der Waals surface area contributed by atoms with E-state index in [1.807, 2.05) is 60.7 Å². The SMILES string of the molecule is O=C(NCc1ccccc1OC(F)F)NC(c1ccccc1)c1ccccc1. The van der Waals surface area contributed by atoms with Gasteiger partial charge in [-0.05, 0) is 17.2 Å². The second kappa shape index (κ2) is 9.50. The van der Waals surface area contributed by atoms with Crippen LogP contribution in [0.25, 0.3) is 0 Å². The summed E-state index contributed by atoms with van der Waals surface area (Å²) in [6, 6.07) is 24.8. The van der Waals surface area contributed by atoms with Crippen LogP contribution in [0.5, 0.6) is 5.75 Å². The lowest BCUT2D eigenvalue weighted by atomic mass is 9.99. The molecular weight excluding hydrogens is 362 g/mol. The average Bonchev–Trinajstić information content (AvgIpc) is 2.72. The number of urea groups is 1. The van der Waals surface area contributed by atoms with Gasteiger partial charge in [0.2, 0.25) is 0 Å². The highest BCUT2D eigenvalue weighted by Crippen LogP contribution is 2.22. The first-order valence-electron chi connectivity index (χ1n) is 8.80. The first-order chi connectivity index (χ1) is 13.6. The molecule has 0 aliphatic heterocycles. The highest BCUT2D eigenvalue weighted by Gasteiger charge is 2.17. The van der Waals surface area contributed by atoms with Crippen molar-refractivity contribution in [1.29, 1.82) is 0 Å². The van der Waals surface area contributed by atoms with Crippen molar-refractivity contribution in [2.45, 2.75) is 19.2 Å². The average molecular weight is 382 g/mol. The first-order valence-corrected chi connectivity index (χ1v) is 8.80. The van der Waals surface area contributed by atoms with Gasteiger partial charge in [-0.3, -0.25) is 0 Å². The van der Waals surface area contributed by atoms with Crippen LogP contribution in [0.2, 0.25) is 0 Å². The van der Waals surface area contributed by atoms with Crippen molar-refractivity contribution in [3.05, 3.63) is 102 Å². The molecule has 0 aliphatic rings. The monoisotopic (exact) mass is 382 g/mol. The topological polar surface area (TPSA) is 50.4 Å². The summed E-state index contributed by atoms with van der Waals surface area (Å²) in [6.45, 7) is -2.86. The summed E-state index contributed by atoms with van der Waals surface area (Å²) in [5, 5.41) is 5.65. The minimum Gasteiger partial charge on any atom is -0.434 e. The Bertz CT molecular complexity index is 850. The molecule has 0 bridgehead atoms. The van der Waals surface area contributed by atoms with Crippen LogP contribution < -0.4 is 15.4 Å². The Kier molecular flexibility index (Phi) is 6.57. The zero-order chi connectivity index (χ0) is 19.8. The van der Waals surface area contributed by atoms with Crippen LogP contribution in [0.1, 0.15) is 22.7 Å². The van der Waals surface area contributed by atoms with Gasteiger partial charge >= 0.3 is 12.6 Å². The largest absolute Gasteiger partial charge is 0.434 e. The molecule has 144 valence electrons. The number of hydrogen-bond donors (Lipinski definition) is 2. The van der Waals surface area contributed by atoms with Gasteiger partial charge in [-0.2, -0.15) is 8.78 Å². The fourth-order valence-electron chi connectivity index (χ4n) is 2.87. The number of nitrogens with one attached hydrogen (secondary N) is 2. The number of benzene rings is 3. The molecule has 0 saturated heterocycles. The third-order valence-electron chi connectivity index (χ3n) is 4.17. The van der Waals surface area contributed by atoms with E-state index in [9.17, 15) is 13.6 Å². The van der Waals surface area contributed by atoms with E-state index >= 15 is 0 Å². The minimum absolute atomic E-state index is 0.0421. The van der Waals surface area contributed by atoms with E-state index in [2.05, 4.69) is 15.4 Å². The number of hydrogen-bond acceptors (Lipinski definition) is 2. The summed E-state index contributed by atoms with van der Waals surface area (Å²) in [5.41, 5.74) is 2.34. The summed E-state index contributed by atoms with van der Waals surface area (Å²) < 4.78 is 29.5. The molecule has 0 atom stereocenters. The lowest BCUT2D eigenvalue weighted by molar-refractivity contribution is -0.0504. The molecule has 28 heavy (non-hydrogen) atoms. The molecule has 3 aromatic carbocycles. The molecule has 0 saturated carbocycles. The molecule has 2 amide bonds. The summed E-state index contributed by atoms with van der Waals surface area (Å²) in [5.74, 6) is 0.0421. The number of alkyl halides is 2. The lowest BCUT2D eigenvalue weighted by Gasteiger charge is -2.20. The van der Waals surface area contributed by atoms with Gasteiger partial charge < -0.3 is 15.4 Å². The van der Waals surface area contributed by atoms with Crippen molar-refractivity contribution in [3.63, 3.8) is 0 Å². The second-order valence-corrected chi connectivity index (χ2v) is 6.07. The van der Waals surface area contributed by atoms with E-state index in [0.717, 1.165) is 11.1 Å². The van der Waals surface area contributed by atoms with E-state index in [0.29, 0.717) is 5.56 Å². The van der Waals surface area contributed by atoms with Crippen molar-refractivity contribution < 1.29 is 18.3 Å². The molecule has 0 aromatic heterocycles. The Labute approximate surface area is 162 Å². The van der Waals surface area contributed by atoms with E-state index in [1.54, 1.807) is 18.2 Å². The Morgan fingerprint density at radius 3 is 1.93 bits per heavy atom. The van der Waals surface area contributed by atoms with E-state index in [-0.39, 0.29) is 18.3 Å². The first kappa shape index (κ1) is 19.4. The van der Waals surface area contributed by atoms with E-state index in [1.165, 1.54) is 6.07 Å². The molecule has 6 heteroatoms. The number of amides is 2. The summed E-state index contributed by atoms with van der Waals surface area (Å²) in [4.78, 5) is 12.5. The van der Waals surface area contributed by atoms with Crippen LogP contribution >= 0.6 is 0 Å². The minimum atomic E-state index is -2.92. The Morgan fingerprint density at radius 1 is 0.821 bits per heavy atom. The fraction of sp³-hybridized carbons (Fsp3) is 0.136. The van der Waals surface area contributed by atoms with E-state index in [4.69, 9.17) is 0 Å². The molecule has 0 fully saturated rings. The second-order valence-electron chi connectivity index (χ2n) is 6.07. The quantitative estimate of drug-likeness (QED) is 0.612. The van der Waals surface area contributed by atoms with Crippen LogP contribution in [0.3, 0.4) is 0 Å². The number of carbonyl (C=O) groups excluding carboxylic acids is 1. The molecule has 4 nitrogen and oxygen atoms in total. The molecular formula is C22H20F2N2O2. The van der Waals surface area contributed by atoms with Gasteiger partial charge in [-0.15, -0.1) is 0 Å². The molecule has 0 spiro atoms. The highest BCUT2D eigenvalue weighted by molar-refractivity contribution is 5.75. The van der Waals surface area contributed by atoms with Crippen molar-refractivity contribution in [3.8, 4) is 5.75 Å². The molecule has 0 radical (unpaired) electrons. The molecule has 3 rings (SSSR count). The maximum absolute atomic E-state index is 12.5. The maximum atomic E-state index is 12.5. The van der Waals surface area contributed by atoms with Crippen LogP contribution in [0, 0.1) is 0 Å². The summed E-state index contributed by atoms with van der Waals surface area (Å²) >= 11 is 0. The van der Waals surface area contributed by atoms with Crippen LogP contribution in [-0.4, -0.2) is 12.6 Å². The summed E-state index contributed by atoms with van der Waals surface area (Å²) in [7, 11) is 0. The third kappa shape index (κ3) is 5.30. The molecule has 2 N–H and O–H groups in total. The predicted octanol–water partition coefficient (Wildman–Crippen LogP) is 4.88. The third-order valence-corrected chi connectivity index (χ3v) is 4.17. The number of halogens is 2. The van der Waals surface area contributed by atoms with Crippen LogP contribution in [0.4, 0.5) is 13.6 Å². The van der Waals surface area contributed by atoms with E-state index < -0.39 is 12.6 Å². The van der Waals surface area contributed by atoms with Gasteiger partial charge in [0, 0.05) is 12.1 Å². The maximum Gasteiger partial charge on any atom is 0.387 e. The number of rotatable bonds is 7. The molecule has 0 unspecified atom stereocenters. The van der Waals surface area contributed by atoms with Crippen molar-refractivity contribution in [2.24, 2.45) is 0 Å². The van der Waals surface area contributed by atoms with Gasteiger partial charge in [0.05, 0.1) is 6.04 Å². The molecule has 0 aliphatic carbocycles. The van der Waals surface area contributed by atoms with Crippen molar-refractivity contribution >= 4 is 6.03 Å². The fourth-order valence-corrected chi connectivity index (χ4v) is 2.87. The van der Waals surface area contributed by atoms with Gasteiger partial charge in [0.25, 0.3) is 0 Å². The lowest BCUT2D eigenvalue weighted by Crippen LogP contribution is -2.38. The van der Waals surface area contributed by atoms with Gasteiger partial charge in [-0.25, -0.2) is 4.79 Å². The number of carbonyl (C=O) groups is 1. The van der Waals surface area contributed by atoms with Gasteiger partial charge in [-0.1, -0.05) is 78.9 Å². The number of ether oxygens (including phenoxy) is 1. The van der Waals surface area contributed by atoms with Gasteiger partial charge in [0.1, 0.15) is 5.75 Å². The molecule has 3 aromatic rings. The Hall–Kier alpha value is -3.41. The normalized spacial score (nSPS) is 10.7. The van der Waals surface area contributed by atoms with Crippen molar-refractivity contribution in [1.82, 2.24) is 10.6 Å². The zero-order valence-corrected chi connectivity index (χ0v) is 15.0. The Balaban J connectivity index is 1.70. The summed E-state index contributed by atoms with van der Waals surface area (Å²) in [6.07, 6.45) is 0. The standard InChI is InChI=1S/C22H20F2N2O2/c23-21(24)28-19-14-8-7-13-18(19)15-25-22(27)26-20(16-9-3-1-4-10-16)17-11-5-2-6-12-17/h1-14,20-21H,15H2,(H2,25,26,27). The predicted molar refractivity (Wildman–Crippen MR) is 103 cm³/mol.